The molecule has 166 valence electrons. The summed E-state index contributed by atoms with van der Waals surface area (Å²) in [5.41, 5.74) is 2.10. The van der Waals surface area contributed by atoms with Crippen molar-refractivity contribution in [3.05, 3.63) is 60.6 Å². The molecule has 0 aliphatic carbocycles. The van der Waals surface area contributed by atoms with Crippen LogP contribution >= 0.6 is 0 Å². The second-order valence-corrected chi connectivity index (χ2v) is 9.00. The third-order valence-electron chi connectivity index (χ3n) is 6.82. The maximum atomic E-state index is 13.1. The average molecular weight is 433 g/mol. The van der Waals surface area contributed by atoms with Gasteiger partial charge in [-0.3, -0.25) is 14.6 Å². The first kappa shape index (κ1) is 20.5. The predicted molar refractivity (Wildman–Crippen MR) is 121 cm³/mol. The molecule has 1 unspecified atom stereocenters. The van der Waals surface area contributed by atoms with E-state index in [1.54, 1.807) is 24.5 Å². The number of ether oxygens (including phenoxy) is 1. The molecule has 1 aromatic carbocycles. The highest BCUT2D eigenvalue weighted by Gasteiger charge is 2.43. The maximum absolute atomic E-state index is 13.1. The molecule has 2 aromatic heterocycles. The molecule has 3 aromatic rings. The fourth-order valence-electron chi connectivity index (χ4n) is 5.12. The Balaban J connectivity index is 1.18. The summed E-state index contributed by atoms with van der Waals surface area (Å²) in [5.74, 6) is 0.758. The molecule has 2 fully saturated rings. The highest BCUT2D eigenvalue weighted by atomic mass is 16.5. The van der Waals surface area contributed by atoms with Gasteiger partial charge in [0.2, 0.25) is 5.91 Å². The average Bonchev–Trinajstić information content (AvgIpc) is 3.43. The second kappa shape index (κ2) is 8.65. The fourth-order valence-corrected chi connectivity index (χ4v) is 5.12. The number of pyridine rings is 1. The van der Waals surface area contributed by atoms with Gasteiger partial charge in [-0.1, -0.05) is 18.2 Å². The number of fused-ring (bicyclic) bond motifs is 1. The molecule has 1 N–H and O–H groups in total. The first-order valence-electron chi connectivity index (χ1n) is 11.3. The van der Waals surface area contributed by atoms with Crippen molar-refractivity contribution in [2.45, 2.75) is 25.7 Å². The van der Waals surface area contributed by atoms with E-state index >= 15 is 0 Å². The van der Waals surface area contributed by atoms with Crippen LogP contribution in [0, 0.1) is 5.41 Å². The lowest BCUT2D eigenvalue weighted by Crippen LogP contribution is -2.49. The summed E-state index contributed by atoms with van der Waals surface area (Å²) < 4.78 is 5.60. The third kappa shape index (κ3) is 4.20. The SMILES string of the molecule is O=C(COc1cccnc1)N1CCCC2(CCN(C(=O)Cc3c[nH]c4ccccc34)C2)C1. The largest absolute Gasteiger partial charge is 0.482 e. The third-order valence-corrected chi connectivity index (χ3v) is 6.82. The molecule has 7 nitrogen and oxygen atoms in total. The Morgan fingerprint density at radius 1 is 1.03 bits per heavy atom. The zero-order valence-electron chi connectivity index (χ0n) is 18.1. The Hall–Kier alpha value is -3.35. The predicted octanol–water partition coefficient (Wildman–Crippen LogP) is 3.03. The monoisotopic (exact) mass is 432 g/mol. The number of rotatable bonds is 5. The zero-order chi connectivity index (χ0) is 22.0. The van der Waals surface area contributed by atoms with Gasteiger partial charge in [-0.05, 0) is 43.0 Å². The van der Waals surface area contributed by atoms with Gasteiger partial charge in [0.15, 0.2) is 6.61 Å². The summed E-state index contributed by atoms with van der Waals surface area (Å²) in [6.45, 7) is 2.95. The summed E-state index contributed by atoms with van der Waals surface area (Å²) in [4.78, 5) is 37.0. The summed E-state index contributed by atoms with van der Waals surface area (Å²) in [7, 11) is 0. The van der Waals surface area contributed by atoms with Crippen molar-refractivity contribution in [1.82, 2.24) is 19.8 Å². The van der Waals surface area contributed by atoms with Gasteiger partial charge in [0.25, 0.3) is 5.91 Å². The van der Waals surface area contributed by atoms with Crippen LogP contribution in [0.2, 0.25) is 0 Å². The number of benzene rings is 1. The van der Waals surface area contributed by atoms with E-state index < -0.39 is 0 Å². The van der Waals surface area contributed by atoms with Crippen molar-refractivity contribution in [2.75, 3.05) is 32.8 Å². The van der Waals surface area contributed by atoms with Crippen LogP contribution in [0.15, 0.2) is 55.0 Å². The van der Waals surface area contributed by atoms with Gasteiger partial charge in [-0.2, -0.15) is 0 Å². The molecule has 4 heterocycles. The van der Waals surface area contributed by atoms with Gasteiger partial charge in [-0.25, -0.2) is 0 Å². The molecular weight excluding hydrogens is 404 g/mol. The zero-order valence-corrected chi connectivity index (χ0v) is 18.1. The van der Waals surface area contributed by atoms with Gasteiger partial charge in [0.1, 0.15) is 5.75 Å². The van der Waals surface area contributed by atoms with Crippen LogP contribution in [-0.2, 0) is 16.0 Å². The van der Waals surface area contributed by atoms with Gasteiger partial charge in [0, 0.05) is 54.9 Å². The lowest BCUT2D eigenvalue weighted by molar-refractivity contribution is -0.137. The molecule has 2 aliphatic rings. The number of aromatic amines is 1. The number of amides is 2. The Bertz CT molecular complexity index is 1110. The minimum Gasteiger partial charge on any atom is -0.482 e. The number of carbonyl (C=O) groups is 2. The highest BCUT2D eigenvalue weighted by molar-refractivity contribution is 5.89. The number of piperidine rings is 1. The van der Waals surface area contributed by atoms with Gasteiger partial charge < -0.3 is 19.5 Å². The van der Waals surface area contributed by atoms with E-state index in [0.717, 1.165) is 55.4 Å². The number of nitrogens with zero attached hydrogens (tertiary/aromatic N) is 3. The number of para-hydroxylation sites is 1. The van der Waals surface area contributed by atoms with Gasteiger partial charge >= 0.3 is 0 Å². The number of H-pyrrole nitrogens is 1. The molecule has 1 atom stereocenters. The Morgan fingerprint density at radius 2 is 1.88 bits per heavy atom. The number of likely N-dealkylation sites (tertiary alicyclic amines) is 2. The Kier molecular flexibility index (Phi) is 5.55. The number of hydrogen-bond donors (Lipinski definition) is 1. The molecular formula is C25H28N4O3. The molecule has 1 spiro atoms. The maximum Gasteiger partial charge on any atom is 0.260 e. The summed E-state index contributed by atoms with van der Waals surface area (Å²) in [6, 6.07) is 11.7. The first-order chi connectivity index (χ1) is 15.6. The molecule has 2 aliphatic heterocycles. The van der Waals surface area contributed by atoms with E-state index in [1.807, 2.05) is 34.2 Å². The molecule has 32 heavy (non-hydrogen) atoms. The van der Waals surface area contributed by atoms with E-state index in [0.29, 0.717) is 18.7 Å². The van der Waals surface area contributed by atoms with Crippen LogP contribution in [0.25, 0.3) is 10.9 Å². The van der Waals surface area contributed by atoms with E-state index in [9.17, 15) is 9.59 Å². The van der Waals surface area contributed by atoms with Crippen LogP contribution in [0.5, 0.6) is 5.75 Å². The molecule has 5 rings (SSSR count). The Labute approximate surface area is 187 Å². The number of aromatic nitrogens is 2. The molecule has 0 radical (unpaired) electrons. The summed E-state index contributed by atoms with van der Waals surface area (Å²) >= 11 is 0. The molecule has 0 saturated carbocycles. The molecule has 0 bridgehead atoms. The van der Waals surface area contributed by atoms with Crippen molar-refractivity contribution in [3.8, 4) is 5.75 Å². The van der Waals surface area contributed by atoms with Gasteiger partial charge in [0.05, 0.1) is 12.6 Å². The van der Waals surface area contributed by atoms with Crippen LogP contribution in [0.1, 0.15) is 24.8 Å². The lowest BCUT2D eigenvalue weighted by atomic mass is 9.79. The highest BCUT2D eigenvalue weighted by Crippen LogP contribution is 2.39. The van der Waals surface area contributed by atoms with E-state index in [4.69, 9.17) is 4.74 Å². The molecule has 2 saturated heterocycles. The van der Waals surface area contributed by atoms with Gasteiger partial charge in [-0.15, -0.1) is 0 Å². The number of carbonyl (C=O) groups excluding carboxylic acids is 2. The lowest BCUT2D eigenvalue weighted by Gasteiger charge is -2.40. The van der Waals surface area contributed by atoms with Crippen LogP contribution in [-0.4, -0.2) is 64.4 Å². The van der Waals surface area contributed by atoms with Crippen molar-refractivity contribution < 1.29 is 14.3 Å². The summed E-state index contributed by atoms with van der Waals surface area (Å²) in [6.07, 6.45) is 8.59. The molecule has 7 heteroatoms. The number of hydrogen-bond acceptors (Lipinski definition) is 4. The fraction of sp³-hybridized carbons (Fsp3) is 0.400. The van der Waals surface area contributed by atoms with E-state index in [-0.39, 0.29) is 23.8 Å². The van der Waals surface area contributed by atoms with Crippen molar-refractivity contribution in [3.63, 3.8) is 0 Å². The smallest absolute Gasteiger partial charge is 0.260 e. The van der Waals surface area contributed by atoms with E-state index in [2.05, 4.69) is 16.0 Å². The van der Waals surface area contributed by atoms with Crippen molar-refractivity contribution in [1.29, 1.82) is 0 Å². The van der Waals surface area contributed by atoms with E-state index in [1.165, 1.54) is 0 Å². The quantitative estimate of drug-likeness (QED) is 0.672. The first-order valence-corrected chi connectivity index (χ1v) is 11.3. The Morgan fingerprint density at radius 3 is 2.72 bits per heavy atom. The molecule has 2 amide bonds. The van der Waals surface area contributed by atoms with Crippen LogP contribution in [0.4, 0.5) is 0 Å². The minimum absolute atomic E-state index is 0.00190. The normalized spacial score (nSPS) is 20.8. The topological polar surface area (TPSA) is 78.5 Å². The summed E-state index contributed by atoms with van der Waals surface area (Å²) in [5, 5.41) is 1.11. The number of nitrogens with one attached hydrogen (secondary N) is 1. The second-order valence-electron chi connectivity index (χ2n) is 9.00. The van der Waals surface area contributed by atoms with Crippen molar-refractivity contribution >= 4 is 22.7 Å². The minimum atomic E-state index is -0.00324. The van der Waals surface area contributed by atoms with Crippen LogP contribution < -0.4 is 4.74 Å². The van der Waals surface area contributed by atoms with Crippen LogP contribution in [0.3, 0.4) is 0 Å². The van der Waals surface area contributed by atoms with Crippen molar-refractivity contribution in [2.24, 2.45) is 5.41 Å². The standard InChI is InChI=1S/C25H28N4O3/c30-23(13-19-14-27-22-7-2-1-6-21(19)22)29-12-9-25(18-29)8-4-11-28(17-25)24(31)16-32-20-5-3-10-26-15-20/h1-3,5-7,10,14-15,27H,4,8-9,11-13,16-18H2.